The number of ether oxygens (including phenoxy) is 2. The smallest absolute Gasteiger partial charge is 0.410 e. The molecule has 122 valence electrons. The molecule has 0 N–H and O–H groups in total. The van der Waals surface area contributed by atoms with E-state index < -0.39 is 5.60 Å². The van der Waals surface area contributed by atoms with Crippen molar-refractivity contribution in [3.05, 3.63) is 12.4 Å². The fourth-order valence-corrected chi connectivity index (χ4v) is 2.27. The molecule has 1 aliphatic rings. The van der Waals surface area contributed by atoms with E-state index in [0.717, 1.165) is 18.8 Å². The number of rotatable bonds is 2. The fraction of sp³-hybridized carbons (Fsp3) is 0.667. The van der Waals surface area contributed by atoms with Gasteiger partial charge >= 0.3 is 6.09 Å². The van der Waals surface area contributed by atoms with Gasteiger partial charge in [0.2, 0.25) is 5.88 Å². The van der Waals surface area contributed by atoms with Crippen LogP contribution < -0.4 is 9.64 Å². The van der Waals surface area contributed by atoms with E-state index >= 15 is 0 Å². The molecule has 1 aromatic heterocycles. The van der Waals surface area contributed by atoms with Gasteiger partial charge in [-0.3, -0.25) is 0 Å². The third-order valence-electron chi connectivity index (χ3n) is 3.31. The van der Waals surface area contributed by atoms with Crippen LogP contribution in [-0.4, -0.2) is 59.9 Å². The molecule has 1 fully saturated rings. The lowest BCUT2D eigenvalue weighted by atomic mass is 10.2. The Morgan fingerprint density at radius 1 is 1.18 bits per heavy atom. The largest absolute Gasteiger partial charge is 0.481 e. The molecule has 7 nitrogen and oxygen atoms in total. The second-order valence-electron chi connectivity index (χ2n) is 6.23. The van der Waals surface area contributed by atoms with Gasteiger partial charge in [0.1, 0.15) is 17.7 Å². The van der Waals surface area contributed by atoms with Crippen molar-refractivity contribution < 1.29 is 14.3 Å². The van der Waals surface area contributed by atoms with Gasteiger partial charge in [-0.05, 0) is 27.2 Å². The van der Waals surface area contributed by atoms with Crippen molar-refractivity contribution in [2.45, 2.75) is 32.8 Å². The maximum absolute atomic E-state index is 12.1. The van der Waals surface area contributed by atoms with Crippen LogP contribution in [0.4, 0.5) is 10.6 Å². The van der Waals surface area contributed by atoms with E-state index in [1.54, 1.807) is 12.0 Å². The lowest BCUT2D eigenvalue weighted by molar-refractivity contribution is 0.0263. The molecule has 0 saturated carbocycles. The summed E-state index contributed by atoms with van der Waals surface area (Å²) in [7, 11) is 1.58. The number of carbonyl (C=O) groups is 1. The number of anilines is 1. The molecule has 0 spiro atoms. The van der Waals surface area contributed by atoms with Gasteiger partial charge in [0, 0.05) is 32.2 Å². The van der Waals surface area contributed by atoms with Gasteiger partial charge in [0.05, 0.1) is 7.11 Å². The third-order valence-corrected chi connectivity index (χ3v) is 3.31. The molecule has 0 aromatic carbocycles. The van der Waals surface area contributed by atoms with Gasteiger partial charge in [0.25, 0.3) is 0 Å². The highest BCUT2D eigenvalue weighted by Gasteiger charge is 2.24. The van der Waals surface area contributed by atoms with Crippen molar-refractivity contribution in [3.63, 3.8) is 0 Å². The maximum atomic E-state index is 12.1. The standard InChI is InChI=1S/C15H24N4O3/c1-15(2,3)22-14(20)19-7-5-6-18(8-9-19)12-10-13(21-4)17-11-16-12/h10-11H,5-9H2,1-4H3. The highest BCUT2D eigenvalue weighted by Crippen LogP contribution is 2.18. The maximum Gasteiger partial charge on any atom is 0.410 e. The Labute approximate surface area is 131 Å². The predicted molar refractivity (Wildman–Crippen MR) is 83.2 cm³/mol. The second kappa shape index (κ2) is 6.81. The average molecular weight is 308 g/mol. The van der Waals surface area contributed by atoms with Gasteiger partial charge in [0.15, 0.2) is 0 Å². The van der Waals surface area contributed by atoms with Gasteiger partial charge in [-0.2, -0.15) is 0 Å². The first-order chi connectivity index (χ1) is 10.4. The molecule has 1 amide bonds. The second-order valence-corrected chi connectivity index (χ2v) is 6.23. The quantitative estimate of drug-likeness (QED) is 0.831. The van der Waals surface area contributed by atoms with Gasteiger partial charge in [-0.1, -0.05) is 0 Å². The molecule has 1 aliphatic heterocycles. The third kappa shape index (κ3) is 4.47. The van der Waals surface area contributed by atoms with Crippen LogP contribution in [0, 0.1) is 0 Å². The number of methoxy groups -OCH3 is 1. The first kappa shape index (κ1) is 16.3. The summed E-state index contributed by atoms with van der Waals surface area (Å²) >= 11 is 0. The molecule has 0 atom stereocenters. The van der Waals surface area contributed by atoms with Crippen molar-refractivity contribution in [1.82, 2.24) is 14.9 Å². The molecule has 2 rings (SSSR count). The number of hydrogen-bond donors (Lipinski definition) is 0. The topological polar surface area (TPSA) is 67.8 Å². The Hall–Kier alpha value is -2.05. The zero-order chi connectivity index (χ0) is 16.2. The Kier molecular flexibility index (Phi) is 5.05. The summed E-state index contributed by atoms with van der Waals surface area (Å²) in [5, 5.41) is 0. The van der Waals surface area contributed by atoms with Crippen molar-refractivity contribution in [1.29, 1.82) is 0 Å². The molecular weight excluding hydrogens is 284 g/mol. The van der Waals surface area contributed by atoms with Crippen LogP contribution in [0.25, 0.3) is 0 Å². The van der Waals surface area contributed by atoms with Gasteiger partial charge in [-0.15, -0.1) is 0 Å². The summed E-state index contributed by atoms with van der Waals surface area (Å²) < 4.78 is 10.6. The van der Waals surface area contributed by atoms with E-state index in [4.69, 9.17) is 9.47 Å². The number of hydrogen-bond acceptors (Lipinski definition) is 6. The van der Waals surface area contributed by atoms with Crippen molar-refractivity contribution in [2.24, 2.45) is 0 Å². The number of aromatic nitrogens is 2. The van der Waals surface area contributed by atoms with Crippen LogP contribution in [0.5, 0.6) is 5.88 Å². The Morgan fingerprint density at radius 3 is 2.64 bits per heavy atom. The minimum Gasteiger partial charge on any atom is -0.481 e. The van der Waals surface area contributed by atoms with E-state index in [1.807, 2.05) is 26.8 Å². The zero-order valence-corrected chi connectivity index (χ0v) is 13.7. The van der Waals surface area contributed by atoms with Crippen molar-refractivity contribution in [3.8, 4) is 5.88 Å². The SMILES string of the molecule is COc1cc(N2CCCN(C(=O)OC(C)(C)C)CC2)ncn1. The molecule has 1 saturated heterocycles. The summed E-state index contributed by atoms with van der Waals surface area (Å²) in [5.41, 5.74) is -0.469. The van der Waals surface area contributed by atoms with Crippen LogP contribution >= 0.6 is 0 Å². The summed E-state index contributed by atoms with van der Waals surface area (Å²) in [6.07, 6.45) is 2.10. The van der Waals surface area contributed by atoms with Crippen LogP contribution in [0.15, 0.2) is 12.4 Å². The van der Waals surface area contributed by atoms with E-state index in [9.17, 15) is 4.79 Å². The van der Waals surface area contributed by atoms with Crippen LogP contribution in [0.3, 0.4) is 0 Å². The lowest BCUT2D eigenvalue weighted by Crippen LogP contribution is -2.39. The first-order valence-corrected chi connectivity index (χ1v) is 7.48. The molecule has 2 heterocycles. The van der Waals surface area contributed by atoms with Gasteiger partial charge < -0.3 is 19.3 Å². The molecule has 0 unspecified atom stereocenters. The highest BCUT2D eigenvalue weighted by atomic mass is 16.6. The normalized spacial score (nSPS) is 16.2. The summed E-state index contributed by atoms with van der Waals surface area (Å²) in [6.45, 7) is 8.47. The molecule has 7 heteroatoms. The molecule has 22 heavy (non-hydrogen) atoms. The Bertz CT molecular complexity index is 516. The molecule has 0 radical (unpaired) electrons. The van der Waals surface area contributed by atoms with Crippen molar-refractivity contribution >= 4 is 11.9 Å². The van der Waals surface area contributed by atoms with Crippen molar-refractivity contribution in [2.75, 3.05) is 38.2 Å². The summed E-state index contributed by atoms with van der Waals surface area (Å²) in [4.78, 5) is 24.3. The molecule has 1 aromatic rings. The first-order valence-electron chi connectivity index (χ1n) is 7.48. The number of carbonyl (C=O) groups excluding carboxylic acids is 1. The van der Waals surface area contributed by atoms with Crippen LogP contribution in [0.1, 0.15) is 27.2 Å². The average Bonchev–Trinajstić information content (AvgIpc) is 2.71. The summed E-state index contributed by atoms with van der Waals surface area (Å²) in [6, 6.07) is 1.81. The Morgan fingerprint density at radius 2 is 1.95 bits per heavy atom. The predicted octanol–water partition coefficient (Wildman–Crippen LogP) is 1.93. The number of amides is 1. The Balaban J connectivity index is 1.98. The number of nitrogens with zero attached hydrogens (tertiary/aromatic N) is 4. The van der Waals surface area contributed by atoms with E-state index in [0.29, 0.717) is 25.5 Å². The van der Waals surface area contributed by atoms with Crippen LogP contribution in [0.2, 0.25) is 0 Å². The van der Waals surface area contributed by atoms with Gasteiger partial charge in [-0.25, -0.2) is 14.8 Å². The molecular formula is C15H24N4O3. The molecule has 0 aliphatic carbocycles. The van der Waals surface area contributed by atoms with Crippen LogP contribution in [-0.2, 0) is 4.74 Å². The van der Waals surface area contributed by atoms with E-state index in [2.05, 4.69) is 14.9 Å². The zero-order valence-electron chi connectivity index (χ0n) is 13.7. The minimum absolute atomic E-state index is 0.255. The highest BCUT2D eigenvalue weighted by molar-refractivity contribution is 5.68. The fourth-order valence-electron chi connectivity index (χ4n) is 2.27. The van der Waals surface area contributed by atoms with E-state index in [-0.39, 0.29) is 6.09 Å². The molecule has 0 bridgehead atoms. The van der Waals surface area contributed by atoms with E-state index in [1.165, 1.54) is 6.33 Å². The monoisotopic (exact) mass is 308 g/mol. The summed E-state index contributed by atoms with van der Waals surface area (Å²) in [5.74, 6) is 1.36. The minimum atomic E-state index is -0.469. The lowest BCUT2D eigenvalue weighted by Gasteiger charge is -2.26.